The first-order valence-corrected chi connectivity index (χ1v) is 16.0. The monoisotopic (exact) mass is 468 g/mol. The van der Waals surface area contributed by atoms with Crippen LogP contribution in [-0.4, -0.2) is 45.2 Å². The van der Waals surface area contributed by atoms with Crippen LogP contribution < -0.4 is 0 Å². The molecule has 0 spiro atoms. The summed E-state index contributed by atoms with van der Waals surface area (Å²) >= 11 is 0. The van der Waals surface area contributed by atoms with Crippen LogP contribution in [-0.2, 0) is 17.0 Å². The van der Waals surface area contributed by atoms with Gasteiger partial charge < -0.3 is 9.84 Å². The molecule has 2 unspecified atom stereocenters. The minimum absolute atomic E-state index is 0.193. The van der Waals surface area contributed by atoms with E-state index in [9.17, 15) is 5.11 Å². The van der Waals surface area contributed by atoms with Gasteiger partial charge in [0.1, 0.15) is 12.4 Å². The minimum Gasteiger partial charge on any atom is -0.393 e. The number of hydrogen-bond acceptors (Lipinski definition) is 4. The lowest BCUT2D eigenvalue weighted by molar-refractivity contribution is 0.0907. The van der Waals surface area contributed by atoms with Crippen molar-refractivity contribution in [3.05, 3.63) is 35.5 Å². The Morgan fingerprint density at radius 3 is 2.58 bits per heavy atom. The molecule has 2 heterocycles. The third-order valence-corrected chi connectivity index (χ3v) is 8.31. The van der Waals surface area contributed by atoms with Crippen LogP contribution >= 0.6 is 0 Å². The second-order valence-corrected chi connectivity index (χ2v) is 17.5. The van der Waals surface area contributed by atoms with E-state index in [0.29, 0.717) is 12.6 Å². The van der Waals surface area contributed by atoms with Crippen molar-refractivity contribution in [1.82, 2.24) is 19.3 Å². The lowest BCUT2D eigenvalue weighted by Gasteiger charge is -2.23. The molecule has 1 N–H and O–H groups in total. The van der Waals surface area contributed by atoms with Crippen molar-refractivity contribution in [1.29, 1.82) is 0 Å². The fraction of sp³-hybridized carbons (Fsp3) is 0.615. The van der Waals surface area contributed by atoms with E-state index in [1.54, 1.807) is 0 Å². The van der Waals surface area contributed by atoms with Crippen molar-refractivity contribution < 1.29 is 9.84 Å². The third kappa shape index (κ3) is 5.25. The SMILES string of the molecule is Cc1cccc2nc(-c3cc(C4CCC(O)C4)nn3C(C)(C)C)n(COCC[Si](C)(C)C)c12. The molecule has 7 heteroatoms. The van der Waals surface area contributed by atoms with Gasteiger partial charge in [0.15, 0.2) is 5.82 Å². The zero-order chi connectivity index (χ0) is 24.0. The Kier molecular flexibility index (Phi) is 6.59. The summed E-state index contributed by atoms with van der Waals surface area (Å²) in [5.41, 5.74) is 5.19. The number of aromatic nitrogens is 4. The van der Waals surface area contributed by atoms with E-state index in [1.807, 2.05) is 0 Å². The van der Waals surface area contributed by atoms with Gasteiger partial charge in [-0.25, -0.2) is 4.98 Å². The van der Waals surface area contributed by atoms with Crippen LogP contribution in [0.5, 0.6) is 0 Å². The van der Waals surface area contributed by atoms with Gasteiger partial charge in [-0.05, 0) is 70.7 Å². The average Bonchev–Trinajstić information content (AvgIpc) is 3.40. The topological polar surface area (TPSA) is 65.1 Å². The number of ether oxygens (including phenoxy) is 1. The van der Waals surface area contributed by atoms with E-state index >= 15 is 0 Å². The Hall–Kier alpha value is -1.96. The van der Waals surface area contributed by atoms with Crippen molar-refractivity contribution in [2.45, 2.75) is 96.9 Å². The van der Waals surface area contributed by atoms with E-state index in [4.69, 9.17) is 14.8 Å². The molecular formula is C26H40N4O2Si. The number of hydrogen-bond donors (Lipinski definition) is 1. The lowest BCUT2D eigenvalue weighted by Crippen LogP contribution is -2.25. The summed E-state index contributed by atoms with van der Waals surface area (Å²) in [6.07, 6.45) is 2.41. The summed E-state index contributed by atoms with van der Waals surface area (Å²) in [5, 5.41) is 15.2. The van der Waals surface area contributed by atoms with Crippen molar-refractivity contribution in [2.24, 2.45) is 0 Å². The zero-order valence-corrected chi connectivity index (χ0v) is 22.4. The summed E-state index contributed by atoms with van der Waals surface area (Å²) in [4.78, 5) is 5.08. The molecule has 180 valence electrons. The third-order valence-electron chi connectivity index (χ3n) is 6.60. The fourth-order valence-electron chi connectivity index (χ4n) is 4.72. The van der Waals surface area contributed by atoms with Crippen molar-refractivity contribution in [3.63, 3.8) is 0 Å². The highest BCUT2D eigenvalue weighted by Crippen LogP contribution is 2.37. The quantitative estimate of drug-likeness (QED) is 0.346. The molecule has 1 saturated carbocycles. The lowest BCUT2D eigenvalue weighted by atomic mass is 10.0. The van der Waals surface area contributed by atoms with E-state index < -0.39 is 8.07 Å². The smallest absolute Gasteiger partial charge is 0.161 e. The highest BCUT2D eigenvalue weighted by Gasteiger charge is 2.31. The number of benzene rings is 1. The maximum Gasteiger partial charge on any atom is 0.161 e. The van der Waals surface area contributed by atoms with Gasteiger partial charge in [-0.1, -0.05) is 31.8 Å². The molecule has 1 aliphatic rings. The van der Waals surface area contributed by atoms with Crippen molar-refractivity contribution in [2.75, 3.05) is 6.61 Å². The second-order valence-electron chi connectivity index (χ2n) is 11.9. The maximum atomic E-state index is 10.1. The van der Waals surface area contributed by atoms with Crippen molar-refractivity contribution >= 4 is 19.1 Å². The standard InChI is InChI=1S/C26H40N4O2Si/c1-18-9-8-10-21-24(18)29(17-32-13-14-33(5,6)7)25(27-21)23-16-22(19-11-12-20(31)15-19)28-30(23)26(2,3)4/h8-10,16,19-20,31H,11-15,17H2,1-7H3. The van der Waals surface area contributed by atoms with E-state index in [1.165, 1.54) is 5.56 Å². The molecule has 2 aromatic heterocycles. The van der Waals surface area contributed by atoms with Gasteiger partial charge in [0.05, 0.1) is 28.4 Å². The average molecular weight is 469 g/mol. The number of aliphatic hydroxyl groups is 1. The van der Waals surface area contributed by atoms with Crippen LogP contribution in [0.2, 0.25) is 25.7 Å². The van der Waals surface area contributed by atoms with Gasteiger partial charge >= 0.3 is 0 Å². The number of aryl methyl sites for hydroxylation is 1. The first kappa shape index (κ1) is 24.2. The molecule has 33 heavy (non-hydrogen) atoms. The number of nitrogens with zero attached hydrogens (tertiary/aromatic N) is 4. The normalized spacial score (nSPS) is 19.6. The Balaban J connectivity index is 1.78. The van der Waals surface area contributed by atoms with Gasteiger partial charge in [-0.15, -0.1) is 0 Å². The molecule has 0 bridgehead atoms. The molecule has 3 aromatic rings. The highest BCUT2D eigenvalue weighted by molar-refractivity contribution is 6.76. The van der Waals surface area contributed by atoms with Gasteiger partial charge in [0.2, 0.25) is 0 Å². The molecular weight excluding hydrogens is 428 g/mol. The van der Waals surface area contributed by atoms with Crippen LogP contribution in [0.25, 0.3) is 22.6 Å². The number of aliphatic hydroxyl groups excluding tert-OH is 1. The largest absolute Gasteiger partial charge is 0.393 e. The number of para-hydroxylation sites is 1. The van der Waals surface area contributed by atoms with Crippen LogP contribution in [0.3, 0.4) is 0 Å². The Morgan fingerprint density at radius 1 is 1.18 bits per heavy atom. The highest BCUT2D eigenvalue weighted by atomic mass is 28.3. The summed E-state index contributed by atoms with van der Waals surface area (Å²) in [7, 11) is -1.16. The molecule has 1 aromatic carbocycles. The summed E-state index contributed by atoms with van der Waals surface area (Å²) in [6.45, 7) is 17.1. The molecule has 0 saturated heterocycles. The molecule has 2 atom stereocenters. The van der Waals surface area contributed by atoms with Crippen LogP contribution in [0.1, 0.15) is 57.2 Å². The van der Waals surface area contributed by atoms with Gasteiger partial charge in [-0.2, -0.15) is 5.10 Å². The molecule has 0 amide bonds. The first-order chi connectivity index (χ1) is 15.4. The van der Waals surface area contributed by atoms with Crippen molar-refractivity contribution in [3.8, 4) is 11.5 Å². The van der Waals surface area contributed by atoms with E-state index in [0.717, 1.165) is 60.2 Å². The summed E-state index contributed by atoms with van der Waals surface area (Å²) in [6, 6.07) is 9.62. The predicted molar refractivity (Wildman–Crippen MR) is 137 cm³/mol. The van der Waals surface area contributed by atoms with E-state index in [-0.39, 0.29) is 11.6 Å². The van der Waals surface area contributed by atoms with Crippen LogP contribution in [0.15, 0.2) is 24.3 Å². The molecule has 0 radical (unpaired) electrons. The molecule has 1 aliphatic carbocycles. The number of rotatable bonds is 7. The molecule has 0 aliphatic heterocycles. The molecule has 1 fully saturated rings. The Morgan fingerprint density at radius 2 is 1.94 bits per heavy atom. The van der Waals surface area contributed by atoms with Crippen LogP contribution in [0.4, 0.5) is 0 Å². The second kappa shape index (κ2) is 9.00. The molecule has 4 rings (SSSR count). The molecule has 6 nitrogen and oxygen atoms in total. The fourth-order valence-corrected chi connectivity index (χ4v) is 5.47. The van der Waals surface area contributed by atoms with Crippen LogP contribution in [0, 0.1) is 6.92 Å². The van der Waals surface area contributed by atoms with Gasteiger partial charge in [0, 0.05) is 20.6 Å². The van der Waals surface area contributed by atoms with Gasteiger partial charge in [0.25, 0.3) is 0 Å². The van der Waals surface area contributed by atoms with Gasteiger partial charge in [-0.3, -0.25) is 9.25 Å². The van der Waals surface area contributed by atoms with E-state index in [2.05, 4.69) is 80.9 Å². The Labute approximate surface area is 199 Å². The number of imidazole rings is 1. The first-order valence-electron chi connectivity index (χ1n) is 12.3. The number of fused-ring (bicyclic) bond motifs is 1. The minimum atomic E-state index is -1.16. The predicted octanol–water partition coefficient (Wildman–Crippen LogP) is 5.90. The zero-order valence-electron chi connectivity index (χ0n) is 21.4. The summed E-state index contributed by atoms with van der Waals surface area (Å²) < 4.78 is 10.6. The maximum absolute atomic E-state index is 10.1. The summed E-state index contributed by atoms with van der Waals surface area (Å²) in [5.74, 6) is 1.20. The Bertz CT molecular complexity index is 1120.